The number of hydrogen-bond acceptors (Lipinski definition) is 4. The summed E-state index contributed by atoms with van der Waals surface area (Å²) in [5.41, 5.74) is 0. The van der Waals surface area contributed by atoms with E-state index in [1.165, 1.54) is 116 Å². The lowest BCUT2D eigenvalue weighted by molar-refractivity contribution is -0.914. The molecular formula is C27H56NO4P. The third-order valence-electron chi connectivity index (χ3n) is 7.27. The molecule has 0 bridgehead atoms. The van der Waals surface area contributed by atoms with Crippen LogP contribution in [0.5, 0.6) is 0 Å². The van der Waals surface area contributed by atoms with E-state index >= 15 is 0 Å². The third-order valence-corrected chi connectivity index (χ3v) is 8.27. The van der Waals surface area contributed by atoms with Crippen LogP contribution >= 0.6 is 7.82 Å². The molecule has 5 nitrogen and oxygen atoms in total. The monoisotopic (exact) mass is 489 g/mol. The molecule has 33 heavy (non-hydrogen) atoms. The molecule has 0 saturated carbocycles. The van der Waals surface area contributed by atoms with Crippen molar-refractivity contribution in [3.8, 4) is 0 Å². The quantitative estimate of drug-likeness (QED) is 0.0835. The van der Waals surface area contributed by atoms with E-state index in [0.29, 0.717) is 0 Å². The summed E-state index contributed by atoms with van der Waals surface area (Å²) in [6.07, 6.45) is 26.1. The van der Waals surface area contributed by atoms with E-state index in [2.05, 4.69) is 14.0 Å². The number of piperidine rings is 1. The Balaban J connectivity index is 1.81. The van der Waals surface area contributed by atoms with E-state index in [1.54, 1.807) is 0 Å². The summed E-state index contributed by atoms with van der Waals surface area (Å²) < 4.78 is 23.0. The van der Waals surface area contributed by atoms with Gasteiger partial charge in [-0.15, -0.1) is 0 Å². The molecular weight excluding hydrogens is 433 g/mol. The molecule has 0 amide bonds. The van der Waals surface area contributed by atoms with Gasteiger partial charge in [0.15, 0.2) is 0 Å². The zero-order valence-electron chi connectivity index (χ0n) is 22.2. The van der Waals surface area contributed by atoms with Gasteiger partial charge in [0.05, 0.1) is 26.7 Å². The second kappa shape index (κ2) is 20.3. The van der Waals surface area contributed by atoms with Gasteiger partial charge in [-0.2, -0.15) is 0 Å². The van der Waals surface area contributed by atoms with Gasteiger partial charge in [0, 0.05) is 0 Å². The van der Waals surface area contributed by atoms with Crippen LogP contribution in [0.3, 0.4) is 0 Å². The first-order valence-electron chi connectivity index (χ1n) is 14.4. The zero-order chi connectivity index (χ0) is 24.1. The van der Waals surface area contributed by atoms with Crippen LogP contribution in [0.15, 0.2) is 0 Å². The van der Waals surface area contributed by atoms with Crippen molar-refractivity contribution >= 4 is 7.82 Å². The lowest BCUT2D eigenvalue weighted by atomic mass is 10.0. The maximum atomic E-state index is 11.9. The number of likely N-dealkylation sites (N-methyl/N-ethyl adjacent to an activating group) is 1. The molecule has 198 valence electrons. The minimum atomic E-state index is -4.14. The summed E-state index contributed by atoms with van der Waals surface area (Å²) >= 11 is 0. The van der Waals surface area contributed by atoms with Gasteiger partial charge in [-0.25, -0.2) is 0 Å². The minimum absolute atomic E-state index is 0.232. The summed E-state index contributed by atoms with van der Waals surface area (Å²) in [7, 11) is -1.95. The van der Waals surface area contributed by atoms with Gasteiger partial charge in [-0.1, -0.05) is 110 Å². The first-order chi connectivity index (χ1) is 16.0. The molecule has 1 unspecified atom stereocenters. The second-order valence-electron chi connectivity index (χ2n) is 10.6. The highest BCUT2D eigenvalue weighted by Crippen LogP contribution is 2.38. The molecule has 0 aromatic carbocycles. The van der Waals surface area contributed by atoms with E-state index in [9.17, 15) is 9.46 Å². The van der Waals surface area contributed by atoms with Crippen molar-refractivity contribution in [2.24, 2.45) is 0 Å². The highest BCUT2D eigenvalue weighted by atomic mass is 31.2. The van der Waals surface area contributed by atoms with Crippen LogP contribution in [-0.4, -0.2) is 44.4 Å². The normalized spacial score (nSPS) is 17.8. The van der Waals surface area contributed by atoms with Gasteiger partial charge in [0.1, 0.15) is 13.2 Å². The topological polar surface area (TPSA) is 58.6 Å². The molecule has 1 saturated heterocycles. The van der Waals surface area contributed by atoms with Crippen LogP contribution in [0, 0.1) is 0 Å². The number of phosphoric ester groups is 1. The molecule has 1 atom stereocenters. The lowest BCUT2D eigenvalue weighted by Gasteiger charge is -2.38. The lowest BCUT2D eigenvalue weighted by Crippen LogP contribution is -2.49. The van der Waals surface area contributed by atoms with Gasteiger partial charge in [0.2, 0.25) is 0 Å². The molecule has 0 aromatic rings. The molecule has 0 aromatic heterocycles. The van der Waals surface area contributed by atoms with Crippen molar-refractivity contribution in [2.75, 3.05) is 39.9 Å². The van der Waals surface area contributed by atoms with Crippen LogP contribution in [0.25, 0.3) is 0 Å². The number of quaternary nitrogens is 1. The van der Waals surface area contributed by atoms with E-state index in [-0.39, 0.29) is 13.2 Å². The van der Waals surface area contributed by atoms with E-state index < -0.39 is 7.82 Å². The number of likely N-dealkylation sites (tertiary alicyclic amines) is 1. The molecule has 0 N–H and O–H groups in total. The fourth-order valence-electron chi connectivity index (χ4n) is 4.91. The summed E-state index contributed by atoms with van der Waals surface area (Å²) in [6, 6.07) is 0. The van der Waals surface area contributed by atoms with Gasteiger partial charge < -0.3 is 18.4 Å². The Morgan fingerprint density at radius 3 is 1.48 bits per heavy atom. The predicted molar refractivity (Wildman–Crippen MR) is 138 cm³/mol. The highest BCUT2D eigenvalue weighted by Gasteiger charge is 2.25. The van der Waals surface area contributed by atoms with E-state index in [1.807, 2.05) is 0 Å². The summed E-state index contributed by atoms with van der Waals surface area (Å²) in [5, 5.41) is 0. The Morgan fingerprint density at radius 2 is 1.03 bits per heavy atom. The van der Waals surface area contributed by atoms with Crippen molar-refractivity contribution in [3.05, 3.63) is 0 Å². The van der Waals surface area contributed by atoms with Gasteiger partial charge in [0.25, 0.3) is 7.82 Å². The van der Waals surface area contributed by atoms with Gasteiger partial charge in [-0.3, -0.25) is 4.57 Å². The average molecular weight is 490 g/mol. The summed E-state index contributed by atoms with van der Waals surface area (Å²) in [5.74, 6) is 0. The highest BCUT2D eigenvalue weighted by molar-refractivity contribution is 7.45. The minimum Gasteiger partial charge on any atom is -0.756 e. The van der Waals surface area contributed by atoms with E-state index in [0.717, 1.165) is 37.0 Å². The van der Waals surface area contributed by atoms with Gasteiger partial charge >= 0.3 is 0 Å². The van der Waals surface area contributed by atoms with E-state index in [4.69, 9.17) is 9.05 Å². The molecule has 1 aliphatic heterocycles. The SMILES string of the molecule is CCCCCCCCCCCCCCCCCCCOP(=O)([O-])OCC[N+]1(C)CCCCC1. The fraction of sp³-hybridized carbons (Fsp3) is 1.00. The van der Waals surface area contributed by atoms with Crippen molar-refractivity contribution < 1.29 is 23.0 Å². The number of nitrogens with zero attached hydrogens (tertiary/aromatic N) is 1. The maximum Gasteiger partial charge on any atom is 0.268 e. The fourth-order valence-corrected chi connectivity index (χ4v) is 5.65. The number of unbranched alkanes of at least 4 members (excludes halogenated alkanes) is 16. The van der Waals surface area contributed by atoms with Gasteiger partial charge in [-0.05, 0) is 25.7 Å². The smallest absolute Gasteiger partial charge is 0.268 e. The Labute approximate surface area is 206 Å². The molecule has 1 aliphatic rings. The van der Waals surface area contributed by atoms with Crippen LogP contribution in [0.2, 0.25) is 0 Å². The molecule has 0 radical (unpaired) electrons. The van der Waals surface area contributed by atoms with Crippen LogP contribution in [0.1, 0.15) is 135 Å². The maximum absolute atomic E-state index is 11.9. The molecule has 6 heteroatoms. The van der Waals surface area contributed by atoms with Crippen molar-refractivity contribution in [1.29, 1.82) is 0 Å². The number of hydrogen-bond donors (Lipinski definition) is 0. The predicted octanol–water partition coefficient (Wildman–Crippen LogP) is 7.77. The molecule has 1 rings (SSSR count). The van der Waals surface area contributed by atoms with Crippen LogP contribution in [0.4, 0.5) is 0 Å². The Bertz CT molecular complexity index is 483. The van der Waals surface area contributed by atoms with Crippen molar-refractivity contribution in [3.63, 3.8) is 0 Å². The molecule has 1 heterocycles. The Morgan fingerprint density at radius 1 is 0.636 bits per heavy atom. The molecule has 0 aliphatic carbocycles. The number of rotatable bonds is 23. The second-order valence-corrected chi connectivity index (χ2v) is 12.0. The summed E-state index contributed by atoms with van der Waals surface area (Å²) in [6.45, 7) is 5.75. The number of phosphoric acid groups is 1. The largest absolute Gasteiger partial charge is 0.756 e. The Hall–Kier alpha value is 0.0700. The molecule has 1 fully saturated rings. The molecule has 0 spiro atoms. The zero-order valence-corrected chi connectivity index (χ0v) is 23.1. The summed E-state index contributed by atoms with van der Waals surface area (Å²) in [4.78, 5) is 11.9. The third kappa shape index (κ3) is 19.0. The van der Waals surface area contributed by atoms with Crippen molar-refractivity contribution in [2.45, 2.75) is 135 Å². The first kappa shape index (κ1) is 31.1. The van der Waals surface area contributed by atoms with Crippen LogP contribution < -0.4 is 4.89 Å². The Kier molecular flexibility index (Phi) is 19.1. The van der Waals surface area contributed by atoms with Crippen LogP contribution in [-0.2, 0) is 13.6 Å². The average Bonchev–Trinajstić information content (AvgIpc) is 2.78. The van der Waals surface area contributed by atoms with Crippen molar-refractivity contribution in [1.82, 2.24) is 0 Å². The standard InChI is InChI=1S/C27H56NO4P/c1-3-4-5-6-7-8-9-10-11-12-13-14-15-16-17-18-22-26-31-33(29,30)32-27-25-28(2)23-20-19-21-24-28/h3-27H2,1-2H3. The first-order valence-corrected chi connectivity index (χ1v) is 15.9.